The fourth-order valence-corrected chi connectivity index (χ4v) is 2.87. The monoisotopic (exact) mass is 297 g/mol. The van der Waals surface area contributed by atoms with Gasteiger partial charge in [-0.2, -0.15) is 0 Å². The zero-order valence-corrected chi connectivity index (χ0v) is 12.5. The number of amides is 2. The molecule has 1 aromatic heterocycles. The van der Waals surface area contributed by atoms with Gasteiger partial charge in [0.25, 0.3) is 0 Å². The van der Waals surface area contributed by atoms with Gasteiger partial charge in [-0.3, -0.25) is 9.59 Å². The summed E-state index contributed by atoms with van der Waals surface area (Å²) >= 11 is 1.53. The molecular weight excluding hydrogens is 278 g/mol. The van der Waals surface area contributed by atoms with E-state index in [2.05, 4.69) is 10.3 Å². The molecule has 1 aliphatic heterocycles. The molecule has 0 aromatic carbocycles. The molecule has 20 heavy (non-hydrogen) atoms. The van der Waals surface area contributed by atoms with Crippen molar-refractivity contribution in [1.82, 2.24) is 15.2 Å². The number of hydrogen-bond acceptors (Lipinski definition) is 5. The van der Waals surface area contributed by atoms with E-state index in [1.165, 1.54) is 11.3 Å². The summed E-state index contributed by atoms with van der Waals surface area (Å²) in [4.78, 5) is 29.8. The fraction of sp³-hybridized carbons (Fsp3) is 0.615. The maximum atomic E-state index is 12.0. The van der Waals surface area contributed by atoms with Crippen LogP contribution >= 0.6 is 11.3 Å². The zero-order valence-electron chi connectivity index (χ0n) is 11.7. The largest absolute Gasteiger partial charge is 0.383 e. The lowest BCUT2D eigenvalue weighted by atomic mass is 10.1. The number of carbonyl (C=O) groups excluding carboxylic acids is 2. The Labute approximate surface area is 122 Å². The predicted molar refractivity (Wildman–Crippen MR) is 75.3 cm³/mol. The van der Waals surface area contributed by atoms with E-state index in [9.17, 15) is 9.59 Å². The molecule has 1 atom stereocenters. The summed E-state index contributed by atoms with van der Waals surface area (Å²) in [6.45, 7) is 3.87. The average molecular weight is 297 g/mol. The molecule has 1 aliphatic rings. The lowest BCUT2D eigenvalue weighted by molar-refractivity contribution is -0.129. The van der Waals surface area contributed by atoms with Crippen LogP contribution in [0, 0.1) is 12.8 Å². The highest BCUT2D eigenvalue weighted by molar-refractivity contribution is 7.09. The summed E-state index contributed by atoms with van der Waals surface area (Å²) in [7, 11) is 1.60. The van der Waals surface area contributed by atoms with Gasteiger partial charge in [0, 0.05) is 37.7 Å². The van der Waals surface area contributed by atoms with Crippen molar-refractivity contribution in [2.45, 2.75) is 19.9 Å². The quantitative estimate of drug-likeness (QED) is 0.833. The van der Waals surface area contributed by atoms with Crippen LogP contribution in [0.15, 0.2) is 5.38 Å². The lowest BCUT2D eigenvalue weighted by Crippen LogP contribution is -2.33. The minimum absolute atomic E-state index is 0.0206. The van der Waals surface area contributed by atoms with Crippen molar-refractivity contribution in [3.05, 3.63) is 16.1 Å². The van der Waals surface area contributed by atoms with Gasteiger partial charge < -0.3 is 15.0 Å². The van der Waals surface area contributed by atoms with Crippen LogP contribution in [-0.2, 0) is 20.9 Å². The van der Waals surface area contributed by atoms with E-state index in [1.54, 1.807) is 12.0 Å². The molecule has 7 heteroatoms. The van der Waals surface area contributed by atoms with Crippen molar-refractivity contribution in [3.8, 4) is 0 Å². The van der Waals surface area contributed by atoms with E-state index < -0.39 is 0 Å². The molecule has 0 saturated carbocycles. The first-order valence-corrected chi connectivity index (χ1v) is 7.43. The smallest absolute Gasteiger partial charge is 0.225 e. The zero-order chi connectivity index (χ0) is 14.5. The lowest BCUT2D eigenvalue weighted by Gasteiger charge is -2.15. The van der Waals surface area contributed by atoms with Gasteiger partial charge >= 0.3 is 0 Å². The van der Waals surface area contributed by atoms with Crippen molar-refractivity contribution in [1.29, 1.82) is 0 Å². The molecule has 110 valence electrons. The molecule has 1 saturated heterocycles. The van der Waals surface area contributed by atoms with Gasteiger partial charge in [0.15, 0.2) is 0 Å². The Bertz CT molecular complexity index is 489. The van der Waals surface area contributed by atoms with Gasteiger partial charge in [0.2, 0.25) is 11.8 Å². The van der Waals surface area contributed by atoms with Crippen molar-refractivity contribution in [2.75, 3.05) is 26.8 Å². The van der Waals surface area contributed by atoms with Crippen molar-refractivity contribution < 1.29 is 14.3 Å². The third-order valence-corrected chi connectivity index (χ3v) is 4.20. The second-order valence-electron chi connectivity index (χ2n) is 4.83. The van der Waals surface area contributed by atoms with Gasteiger partial charge in [-0.1, -0.05) is 0 Å². The van der Waals surface area contributed by atoms with Gasteiger partial charge in [0.1, 0.15) is 5.01 Å². The molecule has 2 heterocycles. The first-order chi connectivity index (χ1) is 9.60. The van der Waals surface area contributed by atoms with Crippen molar-refractivity contribution in [2.24, 2.45) is 5.92 Å². The SMILES string of the molecule is COCCN1C[C@@H](C(=O)NCc2nc(C)cs2)CC1=O. The Morgan fingerprint density at radius 2 is 2.45 bits per heavy atom. The number of thiazole rings is 1. The molecule has 2 amide bonds. The summed E-state index contributed by atoms with van der Waals surface area (Å²) in [6.07, 6.45) is 0.284. The minimum Gasteiger partial charge on any atom is -0.383 e. The van der Waals surface area contributed by atoms with Crippen LogP contribution in [0.1, 0.15) is 17.1 Å². The standard InChI is InChI=1S/C13H19N3O3S/c1-9-8-20-11(15-9)6-14-13(18)10-5-12(17)16(7-10)3-4-19-2/h8,10H,3-7H2,1-2H3,(H,14,18)/t10-/m0/s1. The summed E-state index contributed by atoms with van der Waals surface area (Å²) in [6, 6.07) is 0. The molecule has 2 rings (SSSR count). The minimum atomic E-state index is -0.264. The van der Waals surface area contributed by atoms with E-state index >= 15 is 0 Å². The van der Waals surface area contributed by atoms with E-state index in [-0.39, 0.29) is 24.2 Å². The topological polar surface area (TPSA) is 71.5 Å². The third kappa shape index (κ3) is 3.77. The molecule has 0 aliphatic carbocycles. The number of nitrogens with one attached hydrogen (secondary N) is 1. The third-order valence-electron chi connectivity index (χ3n) is 3.23. The van der Waals surface area contributed by atoms with Gasteiger partial charge in [-0.25, -0.2) is 4.98 Å². The number of ether oxygens (including phenoxy) is 1. The summed E-state index contributed by atoms with van der Waals surface area (Å²) in [5.41, 5.74) is 0.959. The molecule has 0 spiro atoms. The van der Waals surface area contributed by atoms with Gasteiger partial charge in [-0.15, -0.1) is 11.3 Å². The number of carbonyl (C=O) groups is 2. The van der Waals surface area contributed by atoms with Gasteiger partial charge in [0.05, 0.1) is 19.1 Å². The highest BCUT2D eigenvalue weighted by Crippen LogP contribution is 2.18. The molecule has 0 radical (unpaired) electrons. The predicted octanol–water partition coefficient (Wildman–Crippen LogP) is 0.563. The Balaban J connectivity index is 1.80. The molecule has 1 N–H and O–H groups in total. The Hall–Kier alpha value is -1.47. The Morgan fingerprint density at radius 1 is 1.65 bits per heavy atom. The number of aryl methyl sites for hydroxylation is 1. The molecule has 1 aromatic rings. The number of rotatable bonds is 6. The van der Waals surface area contributed by atoms with Crippen LogP contribution in [0.2, 0.25) is 0 Å². The number of hydrogen-bond donors (Lipinski definition) is 1. The fourth-order valence-electron chi connectivity index (χ4n) is 2.16. The normalized spacial score (nSPS) is 18.6. The maximum Gasteiger partial charge on any atom is 0.225 e. The second kappa shape index (κ2) is 6.81. The molecule has 0 bridgehead atoms. The number of nitrogens with zero attached hydrogens (tertiary/aromatic N) is 2. The summed E-state index contributed by atoms with van der Waals surface area (Å²) in [5, 5.41) is 5.69. The van der Waals surface area contributed by atoms with Crippen LogP contribution in [0.5, 0.6) is 0 Å². The van der Waals surface area contributed by atoms with Crippen LogP contribution in [-0.4, -0.2) is 48.5 Å². The highest BCUT2D eigenvalue weighted by Gasteiger charge is 2.33. The molecule has 0 unspecified atom stereocenters. The first-order valence-electron chi connectivity index (χ1n) is 6.55. The Kier molecular flexibility index (Phi) is 5.08. The van der Waals surface area contributed by atoms with Crippen LogP contribution < -0.4 is 5.32 Å². The number of aromatic nitrogens is 1. The van der Waals surface area contributed by atoms with Crippen molar-refractivity contribution in [3.63, 3.8) is 0 Å². The van der Waals surface area contributed by atoms with Crippen LogP contribution in [0.4, 0.5) is 0 Å². The molecule has 1 fully saturated rings. The van der Waals surface area contributed by atoms with Crippen molar-refractivity contribution >= 4 is 23.2 Å². The van der Waals surface area contributed by atoms with Crippen LogP contribution in [0.3, 0.4) is 0 Å². The van der Waals surface area contributed by atoms with E-state index in [0.717, 1.165) is 10.7 Å². The van der Waals surface area contributed by atoms with E-state index in [1.807, 2.05) is 12.3 Å². The van der Waals surface area contributed by atoms with E-state index in [4.69, 9.17) is 4.74 Å². The number of methoxy groups -OCH3 is 1. The molecular formula is C13H19N3O3S. The van der Waals surface area contributed by atoms with E-state index in [0.29, 0.717) is 26.2 Å². The summed E-state index contributed by atoms with van der Waals surface area (Å²) < 4.78 is 4.95. The second-order valence-corrected chi connectivity index (χ2v) is 5.78. The average Bonchev–Trinajstić information content (AvgIpc) is 3.00. The number of likely N-dealkylation sites (tertiary alicyclic amines) is 1. The Morgan fingerprint density at radius 3 is 3.10 bits per heavy atom. The first kappa shape index (κ1) is 14.9. The highest BCUT2D eigenvalue weighted by atomic mass is 32.1. The molecule has 6 nitrogen and oxygen atoms in total. The van der Waals surface area contributed by atoms with Gasteiger partial charge in [-0.05, 0) is 6.92 Å². The maximum absolute atomic E-state index is 12.0. The summed E-state index contributed by atoms with van der Waals surface area (Å²) in [5.74, 6) is -0.321. The van der Waals surface area contributed by atoms with Crippen LogP contribution in [0.25, 0.3) is 0 Å².